The number of carboxylic acid groups (broad SMARTS) is 1. The van der Waals surface area contributed by atoms with Crippen LogP contribution >= 0.6 is 11.3 Å². The Hall–Kier alpha value is -3.19. The van der Waals surface area contributed by atoms with Crippen LogP contribution in [0.1, 0.15) is 31.9 Å². The van der Waals surface area contributed by atoms with Gasteiger partial charge < -0.3 is 25.2 Å². The maximum Gasteiger partial charge on any atom is 0.490 e. The van der Waals surface area contributed by atoms with E-state index >= 15 is 0 Å². The number of rotatable bonds is 8. The smallest absolute Gasteiger partial charge is 0.480 e. The minimum Gasteiger partial charge on any atom is -0.480 e. The van der Waals surface area contributed by atoms with Crippen molar-refractivity contribution in [3.05, 3.63) is 45.4 Å². The molecule has 0 fully saturated rings. The first-order valence-corrected chi connectivity index (χ1v) is 10.1. The molecule has 3 rings (SSSR count). The van der Waals surface area contributed by atoms with Crippen molar-refractivity contribution in [3.8, 4) is 5.75 Å². The van der Waals surface area contributed by atoms with E-state index in [1.54, 1.807) is 6.07 Å². The molecule has 13 heteroatoms. The van der Waals surface area contributed by atoms with E-state index < -0.39 is 43.3 Å². The van der Waals surface area contributed by atoms with Crippen molar-refractivity contribution in [1.29, 1.82) is 0 Å². The zero-order chi connectivity index (χ0) is 23.3. The number of ether oxygens (including phenoxy) is 2. The fourth-order valence-electron chi connectivity index (χ4n) is 2.85. The van der Waals surface area contributed by atoms with Gasteiger partial charge in [0.1, 0.15) is 5.75 Å². The van der Waals surface area contributed by atoms with Crippen LogP contribution in [0.3, 0.4) is 0 Å². The molecule has 1 aliphatic rings. The van der Waals surface area contributed by atoms with Crippen LogP contribution in [0, 0.1) is 0 Å². The number of carboxylic acids is 1. The zero-order valence-corrected chi connectivity index (χ0v) is 17.2. The molecule has 2 aromatic heterocycles. The standard InChI is InChI=1S/C19H18F3N3O6S/c20-19(21,22)18(29)31-13(12-2-1-11(7-24-12)30-9-16(26)27)8-25-17(28)15-5-10-6-23-4-3-14(10)32-15/h1-2,5,7,13,23H,3-4,6,8-9H2,(H,25,28)(H,26,27). The summed E-state index contributed by atoms with van der Waals surface area (Å²) in [6.07, 6.45) is -4.90. The van der Waals surface area contributed by atoms with E-state index in [4.69, 9.17) is 9.84 Å². The van der Waals surface area contributed by atoms with Crippen LogP contribution in [0.4, 0.5) is 13.2 Å². The van der Waals surface area contributed by atoms with Gasteiger partial charge in [-0.2, -0.15) is 13.2 Å². The molecule has 0 saturated heterocycles. The van der Waals surface area contributed by atoms with Crippen LogP contribution in [0.2, 0.25) is 0 Å². The molecule has 3 heterocycles. The molecule has 0 aliphatic carbocycles. The Bertz CT molecular complexity index is 970. The number of amides is 1. The average Bonchev–Trinajstić information content (AvgIpc) is 3.19. The van der Waals surface area contributed by atoms with Crippen LogP contribution < -0.4 is 15.4 Å². The van der Waals surface area contributed by atoms with Crippen molar-refractivity contribution < 1.29 is 42.1 Å². The SMILES string of the molecule is O=C(O)COc1ccc(C(CNC(=O)c2cc3c(s2)CCNC3)OC(=O)C(F)(F)F)nc1. The summed E-state index contributed by atoms with van der Waals surface area (Å²) in [5.41, 5.74) is 0.908. The number of hydrogen-bond acceptors (Lipinski definition) is 8. The van der Waals surface area contributed by atoms with Gasteiger partial charge in [0.05, 0.1) is 23.3 Å². The lowest BCUT2D eigenvalue weighted by Gasteiger charge is -2.19. The van der Waals surface area contributed by atoms with Gasteiger partial charge in [0, 0.05) is 18.0 Å². The first-order chi connectivity index (χ1) is 15.1. The summed E-state index contributed by atoms with van der Waals surface area (Å²) in [5, 5.41) is 14.3. The molecule has 0 saturated carbocycles. The third kappa shape index (κ3) is 6.17. The van der Waals surface area contributed by atoms with Gasteiger partial charge in [0.25, 0.3) is 5.91 Å². The molecule has 0 bridgehead atoms. The number of carbonyl (C=O) groups is 3. The number of nitrogens with zero attached hydrogens (tertiary/aromatic N) is 1. The van der Waals surface area contributed by atoms with E-state index in [-0.39, 0.29) is 11.4 Å². The highest BCUT2D eigenvalue weighted by molar-refractivity contribution is 7.14. The van der Waals surface area contributed by atoms with E-state index in [0.717, 1.165) is 29.6 Å². The Kier molecular flexibility index (Phi) is 7.30. The minimum atomic E-state index is -5.23. The van der Waals surface area contributed by atoms with Crippen LogP contribution in [0.25, 0.3) is 0 Å². The molecule has 0 radical (unpaired) electrons. The van der Waals surface area contributed by atoms with Gasteiger partial charge in [-0.3, -0.25) is 9.78 Å². The lowest BCUT2D eigenvalue weighted by molar-refractivity contribution is -0.205. The summed E-state index contributed by atoms with van der Waals surface area (Å²) in [6.45, 7) is 0.334. The fourth-order valence-corrected chi connectivity index (χ4v) is 3.95. The van der Waals surface area contributed by atoms with Gasteiger partial charge in [-0.1, -0.05) is 0 Å². The summed E-state index contributed by atoms with van der Waals surface area (Å²) in [4.78, 5) is 39.7. The predicted octanol–water partition coefficient (Wildman–Crippen LogP) is 1.83. The molecular formula is C19H18F3N3O6S. The molecule has 3 N–H and O–H groups in total. The summed E-state index contributed by atoms with van der Waals surface area (Å²) in [7, 11) is 0. The van der Waals surface area contributed by atoms with Crippen molar-refractivity contribution in [2.24, 2.45) is 0 Å². The third-order valence-corrected chi connectivity index (χ3v) is 5.58. The monoisotopic (exact) mass is 473 g/mol. The Balaban J connectivity index is 1.71. The number of hydrogen-bond donors (Lipinski definition) is 3. The maximum atomic E-state index is 12.7. The summed E-state index contributed by atoms with van der Waals surface area (Å²) < 4.78 is 47.5. The Morgan fingerprint density at radius 3 is 2.72 bits per heavy atom. The summed E-state index contributed by atoms with van der Waals surface area (Å²) >= 11 is 1.30. The van der Waals surface area contributed by atoms with Crippen molar-refractivity contribution in [3.63, 3.8) is 0 Å². The maximum absolute atomic E-state index is 12.7. The number of halogens is 3. The molecule has 1 amide bonds. The van der Waals surface area contributed by atoms with Crippen molar-refractivity contribution >= 4 is 29.2 Å². The summed E-state index contributed by atoms with van der Waals surface area (Å²) in [6, 6.07) is 4.19. The van der Waals surface area contributed by atoms with Gasteiger partial charge in [-0.05, 0) is 30.2 Å². The molecule has 1 aliphatic heterocycles. The highest BCUT2D eigenvalue weighted by Gasteiger charge is 2.42. The van der Waals surface area contributed by atoms with Gasteiger partial charge in [0.15, 0.2) is 12.7 Å². The molecule has 0 aromatic carbocycles. The second kappa shape index (κ2) is 9.96. The Morgan fingerprint density at radius 1 is 1.31 bits per heavy atom. The number of nitrogens with one attached hydrogen (secondary N) is 2. The second-order valence-electron chi connectivity index (χ2n) is 6.69. The second-order valence-corrected chi connectivity index (χ2v) is 7.83. The number of esters is 1. The zero-order valence-electron chi connectivity index (χ0n) is 16.4. The number of pyridine rings is 1. The van der Waals surface area contributed by atoms with E-state index in [9.17, 15) is 27.6 Å². The molecule has 1 unspecified atom stereocenters. The number of thiophene rings is 1. The van der Waals surface area contributed by atoms with Crippen LogP contribution in [-0.4, -0.2) is 53.8 Å². The van der Waals surface area contributed by atoms with Crippen LogP contribution in [-0.2, 0) is 27.3 Å². The van der Waals surface area contributed by atoms with Gasteiger partial charge in [0.2, 0.25) is 0 Å². The quantitative estimate of drug-likeness (QED) is 0.496. The lowest BCUT2D eigenvalue weighted by atomic mass is 10.1. The summed E-state index contributed by atoms with van der Waals surface area (Å²) in [5.74, 6) is -4.11. The van der Waals surface area contributed by atoms with Crippen LogP contribution in [0.5, 0.6) is 5.75 Å². The number of carbonyl (C=O) groups excluding carboxylic acids is 2. The molecule has 172 valence electrons. The van der Waals surface area contributed by atoms with Gasteiger partial charge in [-0.25, -0.2) is 9.59 Å². The highest BCUT2D eigenvalue weighted by Crippen LogP contribution is 2.26. The first-order valence-electron chi connectivity index (χ1n) is 9.32. The molecule has 1 atom stereocenters. The number of aliphatic carboxylic acids is 1. The van der Waals surface area contributed by atoms with Crippen molar-refractivity contribution in [1.82, 2.24) is 15.6 Å². The molecule has 0 spiro atoms. The first kappa shape index (κ1) is 23.5. The number of alkyl halides is 3. The van der Waals surface area contributed by atoms with Gasteiger partial charge in [-0.15, -0.1) is 11.3 Å². The highest BCUT2D eigenvalue weighted by atomic mass is 32.1. The van der Waals surface area contributed by atoms with E-state index in [1.165, 1.54) is 23.5 Å². The normalized spacial score (nSPS) is 14.2. The van der Waals surface area contributed by atoms with Gasteiger partial charge >= 0.3 is 18.1 Å². The van der Waals surface area contributed by atoms with Crippen molar-refractivity contribution in [2.75, 3.05) is 19.7 Å². The Labute approximate surface area is 183 Å². The van der Waals surface area contributed by atoms with E-state index in [1.807, 2.05) is 0 Å². The van der Waals surface area contributed by atoms with Crippen LogP contribution in [0.15, 0.2) is 24.4 Å². The molecule has 32 heavy (non-hydrogen) atoms. The third-order valence-electron chi connectivity index (χ3n) is 4.34. The average molecular weight is 473 g/mol. The molecule has 2 aromatic rings. The Morgan fingerprint density at radius 2 is 2.09 bits per heavy atom. The minimum absolute atomic E-state index is 0.0545. The number of aromatic nitrogens is 1. The fraction of sp³-hybridized carbons (Fsp3) is 0.368. The molecular weight excluding hydrogens is 455 g/mol. The number of fused-ring (bicyclic) bond motifs is 1. The molecule has 9 nitrogen and oxygen atoms in total. The van der Waals surface area contributed by atoms with E-state index in [2.05, 4.69) is 20.4 Å². The van der Waals surface area contributed by atoms with E-state index in [0.29, 0.717) is 11.4 Å². The van der Waals surface area contributed by atoms with Crippen molar-refractivity contribution in [2.45, 2.75) is 25.2 Å². The topological polar surface area (TPSA) is 127 Å². The predicted molar refractivity (Wildman–Crippen MR) is 104 cm³/mol. The largest absolute Gasteiger partial charge is 0.490 e. The lowest BCUT2D eigenvalue weighted by Crippen LogP contribution is -2.34.